The summed E-state index contributed by atoms with van der Waals surface area (Å²) in [6.07, 6.45) is 54.9. The van der Waals surface area contributed by atoms with E-state index in [9.17, 15) is 61.0 Å². The van der Waals surface area contributed by atoms with Crippen LogP contribution in [0.2, 0.25) is 0 Å². The average molecular weight is 1490 g/mol. The molecule has 0 aliphatic carbocycles. The van der Waals surface area contributed by atoms with Crippen LogP contribution in [0.4, 0.5) is 0 Å². The van der Waals surface area contributed by atoms with Gasteiger partial charge >= 0.3 is 0 Å². The minimum Gasteiger partial charge on any atom is -0.394 e. The Balaban J connectivity index is 1.33. The van der Waals surface area contributed by atoms with E-state index in [1.54, 1.807) is 6.08 Å². The summed E-state index contributed by atoms with van der Waals surface area (Å²) in [4.78, 5) is 13.5. The van der Waals surface area contributed by atoms with E-state index in [1.807, 2.05) is 6.08 Å². The van der Waals surface area contributed by atoms with Crippen molar-refractivity contribution >= 4 is 5.91 Å². The first kappa shape index (κ1) is 96.5. The molecule has 17 unspecified atom stereocenters. The lowest BCUT2D eigenvalue weighted by atomic mass is 9.96. The molecule has 1 amide bonds. The summed E-state index contributed by atoms with van der Waals surface area (Å²) >= 11 is 0. The van der Waals surface area contributed by atoms with Crippen molar-refractivity contribution in [2.75, 3.05) is 26.4 Å². The van der Waals surface area contributed by atoms with Gasteiger partial charge in [0.25, 0.3) is 0 Å². The molecule has 0 radical (unpaired) electrons. The third-order valence-electron chi connectivity index (χ3n) is 22.0. The van der Waals surface area contributed by atoms with Gasteiger partial charge in [0.05, 0.1) is 38.6 Å². The third-order valence-corrected chi connectivity index (χ3v) is 22.0. The Morgan fingerprint density at radius 2 is 0.615 bits per heavy atom. The van der Waals surface area contributed by atoms with Gasteiger partial charge in [0, 0.05) is 6.42 Å². The zero-order valence-corrected chi connectivity index (χ0v) is 66.0. The van der Waals surface area contributed by atoms with Gasteiger partial charge in [0.15, 0.2) is 18.9 Å². The number of hydrogen-bond donors (Lipinski definition) is 12. The Labute approximate surface area is 632 Å². The minimum atomic E-state index is -1.98. The fraction of sp³-hybridized carbons (Fsp3) is 0.941. The SMILES string of the molecule is CCCCCCCCCCCCCCCCCCC/C=C/CC/C=C/C(O)C(COC1OC(CO)C(OC2OC(CO)C(OC3OC(CO)C(O)C(O)C3O)C(O)C2O)C(O)C1O)NC(=O)CCCCCCCCCCCCCCCCCCCCCCCCCCCCCCCCCCCCCC. The molecular weight excluding hydrogens is 1320 g/mol. The molecule has 3 fully saturated rings. The lowest BCUT2D eigenvalue weighted by Gasteiger charge is -2.48. The number of carbonyl (C=O) groups excluding carboxylic acids is 1. The maximum absolute atomic E-state index is 13.5. The van der Waals surface area contributed by atoms with Crippen molar-refractivity contribution in [2.24, 2.45) is 0 Å². The number of carbonyl (C=O) groups is 1. The van der Waals surface area contributed by atoms with Gasteiger partial charge in [-0.3, -0.25) is 4.79 Å². The topological polar surface area (TPSA) is 307 Å². The number of aliphatic hydroxyl groups is 11. The van der Waals surface area contributed by atoms with Crippen LogP contribution in [-0.4, -0.2) is 193 Å². The molecule has 17 atom stereocenters. The summed E-state index contributed by atoms with van der Waals surface area (Å²) in [5, 5.41) is 121. The Kier molecular flexibility index (Phi) is 61.2. The lowest BCUT2D eigenvalue weighted by Crippen LogP contribution is -2.66. The highest BCUT2D eigenvalue weighted by molar-refractivity contribution is 5.76. The monoisotopic (exact) mass is 1480 g/mol. The molecule has 19 nitrogen and oxygen atoms in total. The summed E-state index contributed by atoms with van der Waals surface area (Å²) in [6.45, 7) is 1.79. The van der Waals surface area contributed by atoms with Crippen LogP contribution in [0.3, 0.4) is 0 Å². The molecule has 0 bridgehead atoms. The van der Waals surface area contributed by atoms with Gasteiger partial charge in [-0.05, 0) is 32.1 Å². The molecule has 614 valence electrons. The largest absolute Gasteiger partial charge is 0.394 e. The zero-order chi connectivity index (χ0) is 75.3. The molecule has 0 aromatic heterocycles. The van der Waals surface area contributed by atoms with Gasteiger partial charge < -0.3 is 89.9 Å². The van der Waals surface area contributed by atoms with Gasteiger partial charge in [0.2, 0.25) is 5.91 Å². The van der Waals surface area contributed by atoms with Crippen molar-refractivity contribution in [3.63, 3.8) is 0 Å². The van der Waals surface area contributed by atoms with E-state index < -0.39 is 124 Å². The van der Waals surface area contributed by atoms with Crippen LogP contribution in [0.1, 0.15) is 380 Å². The second kappa shape index (κ2) is 65.9. The highest BCUT2D eigenvalue weighted by Crippen LogP contribution is 2.34. The first-order valence-electron chi connectivity index (χ1n) is 43.6. The predicted octanol–water partition coefficient (Wildman–Crippen LogP) is 15.7. The number of aliphatic hydroxyl groups excluding tert-OH is 11. The summed E-state index contributed by atoms with van der Waals surface area (Å²) in [5.74, 6) is -0.276. The smallest absolute Gasteiger partial charge is 0.220 e. The van der Waals surface area contributed by atoms with Crippen LogP contribution < -0.4 is 5.32 Å². The van der Waals surface area contributed by atoms with Gasteiger partial charge in [-0.2, -0.15) is 0 Å². The maximum Gasteiger partial charge on any atom is 0.220 e. The molecule has 3 heterocycles. The van der Waals surface area contributed by atoms with Gasteiger partial charge in [-0.1, -0.05) is 366 Å². The summed E-state index contributed by atoms with van der Waals surface area (Å²) in [7, 11) is 0. The van der Waals surface area contributed by atoms with Crippen molar-refractivity contribution < 1.29 is 89.4 Å². The number of rotatable bonds is 71. The van der Waals surface area contributed by atoms with E-state index >= 15 is 0 Å². The molecule has 3 rings (SSSR count). The summed E-state index contributed by atoms with van der Waals surface area (Å²) in [5.41, 5.74) is 0. The quantitative estimate of drug-likeness (QED) is 0.0199. The number of nitrogens with one attached hydrogen (secondary N) is 1. The maximum atomic E-state index is 13.5. The number of unbranched alkanes of at least 4 members (excludes halogenated alkanes) is 53. The van der Waals surface area contributed by atoms with Crippen molar-refractivity contribution in [1.82, 2.24) is 5.32 Å². The minimum absolute atomic E-state index is 0.241. The second-order valence-electron chi connectivity index (χ2n) is 31.4. The van der Waals surface area contributed by atoms with Gasteiger partial charge in [-0.25, -0.2) is 0 Å². The van der Waals surface area contributed by atoms with E-state index in [0.717, 1.165) is 38.5 Å². The van der Waals surface area contributed by atoms with Crippen LogP contribution >= 0.6 is 0 Å². The van der Waals surface area contributed by atoms with E-state index in [4.69, 9.17) is 28.4 Å². The molecule has 0 aromatic carbocycles. The average Bonchev–Trinajstić information content (AvgIpc) is 0.783. The van der Waals surface area contributed by atoms with E-state index in [1.165, 1.54) is 308 Å². The van der Waals surface area contributed by atoms with Crippen LogP contribution in [-0.2, 0) is 33.2 Å². The van der Waals surface area contributed by atoms with Gasteiger partial charge in [-0.15, -0.1) is 0 Å². The second-order valence-corrected chi connectivity index (χ2v) is 31.4. The van der Waals surface area contributed by atoms with Crippen molar-refractivity contribution in [1.29, 1.82) is 0 Å². The van der Waals surface area contributed by atoms with Gasteiger partial charge in [0.1, 0.15) is 73.2 Å². The number of ether oxygens (including phenoxy) is 6. The first-order chi connectivity index (χ1) is 50.8. The normalized spacial score (nSPS) is 26.0. The van der Waals surface area contributed by atoms with Crippen LogP contribution in [0, 0.1) is 0 Å². The zero-order valence-electron chi connectivity index (χ0n) is 66.0. The number of amides is 1. The van der Waals surface area contributed by atoms with E-state index in [-0.39, 0.29) is 18.9 Å². The Hall–Kier alpha value is -1.73. The van der Waals surface area contributed by atoms with Crippen LogP contribution in [0.15, 0.2) is 24.3 Å². The van der Waals surface area contributed by atoms with Crippen molar-refractivity contribution in [3.05, 3.63) is 24.3 Å². The Morgan fingerprint density at radius 1 is 0.337 bits per heavy atom. The molecule has 3 saturated heterocycles. The Bertz CT molecular complexity index is 1970. The molecular formula is C85H161NO18. The molecule has 19 heteroatoms. The summed E-state index contributed by atoms with van der Waals surface area (Å²) in [6, 6.07) is -0.989. The van der Waals surface area contributed by atoms with Crippen LogP contribution in [0.25, 0.3) is 0 Å². The number of hydrogen-bond acceptors (Lipinski definition) is 18. The van der Waals surface area contributed by atoms with Crippen LogP contribution in [0.5, 0.6) is 0 Å². The fourth-order valence-corrected chi connectivity index (χ4v) is 15.0. The standard InChI is InChI=1S/C85H161NO18/c1-3-5-7-9-11-13-15-17-19-21-23-25-27-28-29-30-31-32-33-34-35-36-37-38-39-41-43-45-47-49-51-53-55-57-59-61-63-73(91)86-68(69(90)62-60-58-56-54-52-50-48-46-44-42-40-26-24-22-20-18-16-14-12-10-8-6-4-2)67-99-83-79(97)76(94)81(71(65-88)101-83)104-85-80(98)77(95)82(72(66-89)102-85)103-84-78(96)75(93)74(92)70(64-87)100-84/h52,54,60,62,68-72,74-85,87-90,92-98H,3-51,53,55-59,61,63-67H2,1-2H3,(H,86,91)/b54-52+,62-60+. The molecule has 0 aromatic rings. The molecule has 3 aliphatic heterocycles. The lowest BCUT2D eigenvalue weighted by molar-refractivity contribution is -0.379. The third kappa shape index (κ3) is 44.9. The highest BCUT2D eigenvalue weighted by atomic mass is 16.8. The molecule has 0 spiro atoms. The first-order valence-corrected chi connectivity index (χ1v) is 43.6. The fourth-order valence-electron chi connectivity index (χ4n) is 15.0. The molecule has 0 saturated carbocycles. The molecule has 12 N–H and O–H groups in total. The molecule has 3 aliphatic rings. The van der Waals surface area contributed by atoms with E-state index in [0.29, 0.717) is 12.8 Å². The van der Waals surface area contributed by atoms with Crippen molar-refractivity contribution in [3.8, 4) is 0 Å². The van der Waals surface area contributed by atoms with Crippen molar-refractivity contribution in [2.45, 2.75) is 484 Å². The predicted molar refractivity (Wildman–Crippen MR) is 416 cm³/mol. The highest BCUT2D eigenvalue weighted by Gasteiger charge is 2.54. The molecule has 104 heavy (non-hydrogen) atoms. The van der Waals surface area contributed by atoms with E-state index in [2.05, 4.69) is 31.3 Å². The Morgan fingerprint density at radius 3 is 0.962 bits per heavy atom. The number of allylic oxidation sites excluding steroid dienone is 3. The summed E-state index contributed by atoms with van der Waals surface area (Å²) < 4.78 is 34.5.